The van der Waals surface area contributed by atoms with Gasteiger partial charge < -0.3 is 4.42 Å². The number of carbonyl (C=O) groups excluding carboxylic acids is 1. The highest BCUT2D eigenvalue weighted by molar-refractivity contribution is 5.93. The monoisotopic (exact) mass is 110 g/mol. The third-order valence-electron chi connectivity index (χ3n) is 0.928. The van der Waals surface area contributed by atoms with Gasteiger partial charge in [-0.05, 0) is 13.0 Å². The van der Waals surface area contributed by atoms with Crippen LogP contribution in [0.1, 0.15) is 17.3 Å². The van der Waals surface area contributed by atoms with Gasteiger partial charge in [-0.2, -0.15) is 0 Å². The van der Waals surface area contributed by atoms with Crippen molar-refractivity contribution in [3.05, 3.63) is 24.2 Å². The van der Waals surface area contributed by atoms with Crippen molar-refractivity contribution in [1.29, 1.82) is 0 Å². The number of ketones is 1. The zero-order valence-electron chi connectivity index (χ0n) is 4.55. The summed E-state index contributed by atoms with van der Waals surface area (Å²) in [6.45, 7) is 1.50. The third kappa shape index (κ3) is 0.780. The highest BCUT2D eigenvalue weighted by Crippen LogP contribution is 1.98. The molecule has 0 spiro atoms. The summed E-state index contributed by atoms with van der Waals surface area (Å²) in [5.74, 6) is 0.0405. The van der Waals surface area contributed by atoms with Gasteiger partial charge in [0.2, 0.25) is 0 Å². The summed E-state index contributed by atoms with van der Waals surface area (Å²) in [6.07, 6.45) is 2.92. The van der Waals surface area contributed by atoms with Crippen molar-refractivity contribution in [2.75, 3.05) is 0 Å². The molecule has 0 aliphatic heterocycles. The SMILES string of the molecule is CC(=O)c1ccoc1. The van der Waals surface area contributed by atoms with Crippen molar-refractivity contribution >= 4 is 5.78 Å². The Bertz CT molecular complexity index is 174. The van der Waals surface area contributed by atoms with Gasteiger partial charge >= 0.3 is 0 Å². The average molecular weight is 110 g/mol. The molecule has 0 fully saturated rings. The van der Waals surface area contributed by atoms with Gasteiger partial charge in [0.1, 0.15) is 6.26 Å². The van der Waals surface area contributed by atoms with Gasteiger partial charge in [-0.1, -0.05) is 0 Å². The average Bonchev–Trinajstić information content (AvgIpc) is 2.12. The Morgan fingerprint density at radius 2 is 2.50 bits per heavy atom. The molecule has 0 aliphatic rings. The maximum absolute atomic E-state index is 10.4. The van der Waals surface area contributed by atoms with Gasteiger partial charge in [0, 0.05) is 0 Å². The van der Waals surface area contributed by atoms with Crippen LogP contribution in [-0.4, -0.2) is 5.78 Å². The van der Waals surface area contributed by atoms with Crippen LogP contribution in [0.4, 0.5) is 0 Å². The summed E-state index contributed by atoms with van der Waals surface area (Å²) < 4.78 is 4.65. The zero-order chi connectivity index (χ0) is 5.98. The topological polar surface area (TPSA) is 30.2 Å². The molecule has 0 N–H and O–H groups in total. The molecule has 2 nitrogen and oxygen atoms in total. The molecule has 0 amide bonds. The summed E-state index contributed by atoms with van der Waals surface area (Å²) in [5, 5.41) is 0. The van der Waals surface area contributed by atoms with E-state index in [-0.39, 0.29) is 5.78 Å². The van der Waals surface area contributed by atoms with Crippen LogP contribution in [-0.2, 0) is 0 Å². The highest BCUT2D eigenvalue weighted by Gasteiger charge is 1.96. The minimum Gasteiger partial charge on any atom is -0.472 e. The van der Waals surface area contributed by atoms with Crippen LogP contribution in [0.2, 0.25) is 0 Å². The molecule has 0 saturated carbocycles. The highest BCUT2D eigenvalue weighted by atomic mass is 16.3. The second kappa shape index (κ2) is 1.82. The number of rotatable bonds is 1. The Morgan fingerprint density at radius 1 is 1.75 bits per heavy atom. The lowest BCUT2D eigenvalue weighted by molar-refractivity contribution is 0.101. The molecule has 0 aromatic carbocycles. The molecule has 1 heterocycles. The second-order valence-corrected chi connectivity index (χ2v) is 1.57. The van der Waals surface area contributed by atoms with Crippen molar-refractivity contribution < 1.29 is 9.21 Å². The molecule has 0 atom stereocenters. The number of carbonyl (C=O) groups is 1. The Balaban J connectivity index is 2.93. The predicted molar refractivity (Wildman–Crippen MR) is 28.7 cm³/mol. The zero-order valence-corrected chi connectivity index (χ0v) is 4.55. The first-order valence-corrected chi connectivity index (χ1v) is 2.34. The molecular formula is C6H6O2. The van der Waals surface area contributed by atoms with Crippen LogP contribution in [0.5, 0.6) is 0 Å². The fraction of sp³-hybridized carbons (Fsp3) is 0.167. The van der Waals surface area contributed by atoms with E-state index in [1.54, 1.807) is 6.07 Å². The molecule has 1 aromatic rings. The Morgan fingerprint density at radius 3 is 2.75 bits per heavy atom. The van der Waals surface area contributed by atoms with Crippen LogP contribution in [0.15, 0.2) is 23.0 Å². The Kier molecular flexibility index (Phi) is 1.16. The largest absolute Gasteiger partial charge is 0.472 e. The summed E-state index contributed by atoms with van der Waals surface area (Å²) in [5.41, 5.74) is 0.630. The van der Waals surface area contributed by atoms with Crippen LogP contribution < -0.4 is 0 Å². The molecule has 0 bridgehead atoms. The first-order valence-electron chi connectivity index (χ1n) is 2.34. The fourth-order valence-electron chi connectivity index (χ4n) is 0.465. The van der Waals surface area contributed by atoms with Crippen LogP contribution >= 0.6 is 0 Å². The quantitative estimate of drug-likeness (QED) is 0.512. The summed E-state index contributed by atoms with van der Waals surface area (Å²) in [4.78, 5) is 10.4. The van der Waals surface area contributed by atoms with Gasteiger partial charge in [-0.15, -0.1) is 0 Å². The van der Waals surface area contributed by atoms with Crippen molar-refractivity contribution in [2.45, 2.75) is 6.92 Å². The van der Waals surface area contributed by atoms with E-state index in [2.05, 4.69) is 4.42 Å². The van der Waals surface area contributed by atoms with Gasteiger partial charge in [0.25, 0.3) is 0 Å². The lowest BCUT2D eigenvalue weighted by Crippen LogP contribution is -1.85. The maximum Gasteiger partial charge on any atom is 0.163 e. The van der Waals surface area contributed by atoms with E-state index in [9.17, 15) is 4.79 Å². The molecule has 0 unspecified atom stereocenters. The summed E-state index contributed by atoms with van der Waals surface area (Å²) in [7, 11) is 0. The lowest BCUT2D eigenvalue weighted by Gasteiger charge is -1.78. The van der Waals surface area contributed by atoms with E-state index in [4.69, 9.17) is 0 Å². The van der Waals surface area contributed by atoms with Gasteiger partial charge in [-0.25, -0.2) is 0 Å². The maximum atomic E-state index is 10.4. The number of hydrogen-bond donors (Lipinski definition) is 0. The standard InChI is InChI=1S/C6H6O2/c1-5(7)6-2-3-8-4-6/h2-4H,1H3. The predicted octanol–water partition coefficient (Wildman–Crippen LogP) is 1.48. The first-order chi connectivity index (χ1) is 3.80. The van der Waals surface area contributed by atoms with E-state index >= 15 is 0 Å². The molecule has 0 radical (unpaired) electrons. The molecule has 1 rings (SSSR count). The minimum atomic E-state index is 0.0405. The molecule has 8 heavy (non-hydrogen) atoms. The third-order valence-corrected chi connectivity index (χ3v) is 0.928. The van der Waals surface area contributed by atoms with E-state index in [1.165, 1.54) is 19.5 Å². The van der Waals surface area contributed by atoms with Gasteiger partial charge in [0.15, 0.2) is 5.78 Å². The lowest BCUT2D eigenvalue weighted by atomic mass is 10.2. The first kappa shape index (κ1) is 5.09. The fourth-order valence-corrected chi connectivity index (χ4v) is 0.465. The molecular weight excluding hydrogens is 104 g/mol. The molecule has 42 valence electrons. The van der Waals surface area contributed by atoms with Crippen LogP contribution in [0.3, 0.4) is 0 Å². The van der Waals surface area contributed by atoms with Gasteiger partial charge in [0.05, 0.1) is 11.8 Å². The van der Waals surface area contributed by atoms with Crippen molar-refractivity contribution in [1.82, 2.24) is 0 Å². The molecule has 0 aliphatic carbocycles. The van der Waals surface area contributed by atoms with E-state index in [1.807, 2.05) is 0 Å². The molecule has 0 saturated heterocycles. The Labute approximate surface area is 47.1 Å². The minimum absolute atomic E-state index is 0.0405. The molecule has 1 aromatic heterocycles. The number of Topliss-reactive ketones (excluding diaryl/α,β-unsaturated/α-hetero) is 1. The normalized spacial score (nSPS) is 9.12. The van der Waals surface area contributed by atoms with E-state index < -0.39 is 0 Å². The number of hydrogen-bond acceptors (Lipinski definition) is 2. The van der Waals surface area contributed by atoms with Gasteiger partial charge in [-0.3, -0.25) is 4.79 Å². The van der Waals surface area contributed by atoms with E-state index in [0.717, 1.165) is 0 Å². The number of furan rings is 1. The van der Waals surface area contributed by atoms with Crippen molar-refractivity contribution in [3.8, 4) is 0 Å². The van der Waals surface area contributed by atoms with E-state index in [0.29, 0.717) is 5.56 Å². The summed E-state index contributed by atoms with van der Waals surface area (Å²) in [6, 6.07) is 1.64. The Hall–Kier alpha value is -1.05. The van der Waals surface area contributed by atoms with Crippen molar-refractivity contribution in [2.24, 2.45) is 0 Å². The van der Waals surface area contributed by atoms with Crippen LogP contribution in [0, 0.1) is 0 Å². The smallest absolute Gasteiger partial charge is 0.163 e. The second-order valence-electron chi connectivity index (χ2n) is 1.57. The van der Waals surface area contributed by atoms with Crippen LogP contribution in [0.25, 0.3) is 0 Å². The summed E-state index contributed by atoms with van der Waals surface area (Å²) >= 11 is 0. The van der Waals surface area contributed by atoms with Crippen molar-refractivity contribution in [3.63, 3.8) is 0 Å². The molecule has 2 heteroatoms.